The highest BCUT2D eigenvalue weighted by molar-refractivity contribution is 5.33. The van der Waals surface area contributed by atoms with Crippen molar-refractivity contribution < 1.29 is 0 Å². The van der Waals surface area contributed by atoms with Gasteiger partial charge in [-0.15, -0.1) is 0 Å². The summed E-state index contributed by atoms with van der Waals surface area (Å²) in [7, 11) is 0. The van der Waals surface area contributed by atoms with E-state index < -0.39 is 0 Å². The topological polar surface area (TPSA) is 0 Å². The van der Waals surface area contributed by atoms with Gasteiger partial charge < -0.3 is 0 Å². The first-order valence-corrected chi connectivity index (χ1v) is 4.49. The molecule has 3 aliphatic rings. The molecule has 0 amide bonds. The maximum Gasteiger partial charge on any atom is -0.00920 e. The molecule has 0 N–H and O–H groups in total. The van der Waals surface area contributed by atoms with Gasteiger partial charge in [-0.05, 0) is 42.9 Å². The van der Waals surface area contributed by atoms with Gasteiger partial charge in [-0.25, -0.2) is 0 Å². The molecule has 2 bridgehead atoms. The smallest absolute Gasteiger partial charge is 0.00920 e. The molecule has 2 radical (unpaired) electrons. The molecular weight excluding hydrogens is 132 g/mol. The first kappa shape index (κ1) is 6.05. The molecule has 3 atom stereocenters. The van der Waals surface area contributed by atoms with E-state index in [0.29, 0.717) is 0 Å². The van der Waals surface area contributed by atoms with E-state index in [9.17, 15) is 0 Å². The molecule has 3 rings (SSSR count). The Morgan fingerprint density at radius 3 is 3.09 bits per heavy atom. The standard InChI is InChI=1S/C11H12/c1-2-4-11-9-6-5-8(7-9)10(11)3-1/h1-3,5-6,8-10H,4,7H2. The largest absolute Gasteiger partial charge is 0.0845 e. The van der Waals surface area contributed by atoms with Crippen LogP contribution < -0.4 is 0 Å². The molecular formula is C11H12. The van der Waals surface area contributed by atoms with Crippen molar-refractivity contribution >= 4 is 0 Å². The molecule has 1 saturated carbocycles. The lowest BCUT2D eigenvalue weighted by molar-refractivity contribution is 0.551. The zero-order valence-corrected chi connectivity index (χ0v) is 6.53. The summed E-state index contributed by atoms with van der Waals surface area (Å²) in [5.74, 6) is 4.29. The van der Waals surface area contributed by atoms with Gasteiger partial charge in [-0.2, -0.15) is 0 Å². The summed E-state index contributed by atoms with van der Waals surface area (Å²) >= 11 is 0. The van der Waals surface area contributed by atoms with Crippen molar-refractivity contribution in [2.24, 2.45) is 17.8 Å². The molecule has 0 aliphatic heterocycles. The molecule has 0 saturated heterocycles. The van der Waals surface area contributed by atoms with E-state index in [-0.39, 0.29) is 0 Å². The Bertz CT molecular complexity index is 224. The van der Waals surface area contributed by atoms with Gasteiger partial charge in [-0.3, -0.25) is 0 Å². The Morgan fingerprint density at radius 1 is 1.18 bits per heavy atom. The zero-order valence-electron chi connectivity index (χ0n) is 6.53. The fraction of sp³-hybridized carbons (Fsp3) is 0.455. The average molecular weight is 144 g/mol. The number of hydrogen-bond acceptors (Lipinski definition) is 0. The van der Waals surface area contributed by atoms with Crippen molar-refractivity contribution in [2.45, 2.75) is 12.8 Å². The lowest BCUT2D eigenvalue weighted by Gasteiger charge is -2.27. The van der Waals surface area contributed by atoms with Crippen LogP contribution in [0.3, 0.4) is 0 Å². The molecule has 0 heteroatoms. The summed E-state index contributed by atoms with van der Waals surface area (Å²) in [4.78, 5) is 0. The lowest BCUT2D eigenvalue weighted by Crippen LogP contribution is -2.17. The van der Waals surface area contributed by atoms with Gasteiger partial charge >= 0.3 is 0 Å². The van der Waals surface area contributed by atoms with Crippen molar-refractivity contribution in [1.82, 2.24) is 0 Å². The van der Waals surface area contributed by atoms with E-state index in [1.807, 2.05) is 0 Å². The van der Waals surface area contributed by atoms with Crippen LogP contribution in [0, 0.1) is 30.1 Å². The Kier molecular flexibility index (Phi) is 1.10. The molecule has 11 heavy (non-hydrogen) atoms. The van der Waals surface area contributed by atoms with E-state index in [1.54, 1.807) is 5.92 Å². The quantitative estimate of drug-likeness (QED) is 0.458. The van der Waals surface area contributed by atoms with Crippen LogP contribution in [0.1, 0.15) is 12.8 Å². The normalized spacial score (nSPS) is 46.7. The van der Waals surface area contributed by atoms with E-state index in [4.69, 9.17) is 0 Å². The van der Waals surface area contributed by atoms with E-state index in [0.717, 1.165) is 17.8 Å². The van der Waals surface area contributed by atoms with E-state index in [1.165, 1.54) is 12.8 Å². The summed E-state index contributed by atoms with van der Waals surface area (Å²) in [5.41, 5.74) is 0. The first-order valence-electron chi connectivity index (χ1n) is 4.49. The molecule has 3 unspecified atom stereocenters. The molecule has 0 spiro atoms. The monoisotopic (exact) mass is 144 g/mol. The number of fused-ring (bicyclic) bond motifs is 5. The van der Waals surface area contributed by atoms with Gasteiger partial charge in [0.2, 0.25) is 0 Å². The van der Waals surface area contributed by atoms with Gasteiger partial charge in [-0.1, -0.05) is 24.3 Å². The minimum Gasteiger partial charge on any atom is -0.0845 e. The van der Waals surface area contributed by atoms with Crippen LogP contribution >= 0.6 is 0 Å². The fourth-order valence-electron chi connectivity index (χ4n) is 2.75. The zero-order chi connectivity index (χ0) is 7.26. The highest BCUT2D eigenvalue weighted by Crippen LogP contribution is 2.52. The second kappa shape index (κ2) is 2.00. The molecule has 56 valence electrons. The van der Waals surface area contributed by atoms with Crippen LogP contribution in [0.2, 0.25) is 0 Å². The van der Waals surface area contributed by atoms with Crippen molar-refractivity contribution in [2.75, 3.05) is 0 Å². The lowest BCUT2D eigenvalue weighted by atomic mass is 9.77. The maximum atomic E-state index is 2.41. The SMILES string of the molecule is [CH]1C=CC2[C](C1)C1C=CC2C1. The van der Waals surface area contributed by atoms with Crippen LogP contribution in [0.4, 0.5) is 0 Å². The van der Waals surface area contributed by atoms with E-state index >= 15 is 0 Å². The third-order valence-electron chi connectivity index (χ3n) is 3.29. The van der Waals surface area contributed by atoms with Gasteiger partial charge in [0.15, 0.2) is 0 Å². The molecule has 0 nitrogen and oxygen atoms in total. The summed E-state index contributed by atoms with van der Waals surface area (Å²) < 4.78 is 0. The van der Waals surface area contributed by atoms with Crippen molar-refractivity contribution in [3.63, 3.8) is 0 Å². The summed E-state index contributed by atoms with van der Waals surface area (Å²) in [6.45, 7) is 0. The first-order chi connectivity index (χ1) is 5.45. The summed E-state index contributed by atoms with van der Waals surface area (Å²) in [5, 5.41) is 0. The fourth-order valence-corrected chi connectivity index (χ4v) is 2.75. The van der Waals surface area contributed by atoms with E-state index in [2.05, 4.69) is 30.7 Å². The average Bonchev–Trinajstić information content (AvgIpc) is 2.64. The van der Waals surface area contributed by atoms with Gasteiger partial charge in [0, 0.05) is 0 Å². The Morgan fingerprint density at radius 2 is 2.18 bits per heavy atom. The van der Waals surface area contributed by atoms with Crippen LogP contribution in [0.15, 0.2) is 24.3 Å². The van der Waals surface area contributed by atoms with Crippen LogP contribution in [0.25, 0.3) is 0 Å². The summed E-state index contributed by atoms with van der Waals surface area (Å²) in [6, 6.07) is 0. The predicted molar refractivity (Wildman–Crippen MR) is 45.5 cm³/mol. The van der Waals surface area contributed by atoms with Gasteiger partial charge in [0.05, 0.1) is 0 Å². The van der Waals surface area contributed by atoms with Gasteiger partial charge in [0.25, 0.3) is 0 Å². The highest BCUT2D eigenvalue weighted by Gasteiger charge is 2.43. The molecule has 0 heterocycles. The minimum absolute atomic E-state index is 0.815. The third-order valence-corrected chi connectivity index (χ3v) is 3.29. The molecule has 0 aromatic heterocycles. The third kappa shape index (κ3) is 0.702. The number of hydrogen-bond donors (Lipinski definition) is 0. The predicted octanol–water partition coefficient (Wildman–Crippen LogP) is 2.55. The Labute approximate surface area is 68.0 Å². The van der Waals surface area contributed by atoms with Crippen LogP contribution in [0.5, 0.6) is 0 Å². The molecule has 3 aliphatic carbocycles. The maximum absolute atomic E-state index is 2.41. The number of rotatable bonds is 0. The molecule has 0 aromatic carbocycles. The number of allylic oxidation sites excluding steroid dienone is 4. The molecule has 1 fully saturated rings. The second-order valence-electron chi connectivity index (χ2n) is 3.82. The van der Waals surface area contributed by atoms with Gasteiger partial charge in [0.1, 0.15) is 0 Å². The molecule has 0 aromatic rings. The van der Waals surface area contributed by atoms with Crippen LogP contribution in [-0.2, 0) is 0 Å². The Hall–Kier alpha value is -0.520. The van der Waals surface area contributed by atoms with Crippen molar-refractivity contribution in [3.05, 3.63) is 36.6 Å². The Balaban J connectivity index is 1.99. The van der Waals surface area contributed by atoms with Crippen LogP contribution in [-0.4, -0.2) is 0 Å². The van der Waals surface area contributed by atoms with Crippen molar-refractivity contribution in [1.29, 1.82) is 0 Å². The van der Waals surface area contributed by atoms with Crippen molar-refractivity contribution in [3.8, 4) is 0 Å². The highest BCUT2D eigenvalue weighted by atomic mass is 14.5. The summed E-state index contributed by atoms with van der Waals surface area (Å²) in [6.07, 6.45) is 14.4. The second-order valence-corrected chi connectivity index (χ2v) is 3.82. The minimum atomic E-state index is 0.815.